The lowest BCUT2D eigenvalue weighted by atomic mass is 10.1. The SMILES string of the molecule is COC[C@@H]1CCCN1CCCc1cc(-c2ccc(NC(=O)Nc3cc(C(F)(F)F)ccc3F)c(F)c2)c2c(N)ncnn12.Nc1ncnn2c(CCCBr)cc(-c3ccc(NC(=O)Nc4cc(C(F)(F)F)ccc4F)c(F)c3)c12. The minimum atomic E-state index is -4.74. The molecule has 5 heterocycles. The first-order valence-electron chi connectivity index (χ1n) is 24.1. The van der Waals surface area contributed by atoms with Crippen molar-refractivity contribution in [3.8, 4) is 22.3 Å². The summed E-state index contributed by atoms with van der Waals surface area (Å²) >= 11 is 3.38. The van der Waals surface area contributed by atoms with Crippen LogP contribution in [0.3, 0.4) is 0 Å². The number of alkyl halides is 7. The summed E-state index contributed by atoms with van der Waals surface area (Å²) < 4.78 is 144. The van der Waals surface area contributed by atoms with Gasteiger partial charge in [0.1, 0.15) is 47.0 Å². The fourth-order valence-corrected chi connectivity index (χ4v) is 9.34. The predicted molar refractivity (Wildman–Crippen MR) is 281 cm³/mol. The summed E-state index contributed by atoms with van der Waals surface area (Å²) in [5.74, 6) is -3.40. The second-order valence-electron chi connectivity index (χ2n) is 18.0. The lowest BCUT2D eigenvalue weighted by molar-refractivity contribution is -0.138. The number of amides is 4. The number of carbonyl (C=O) groups is 2. The third kappa shape index (κ3) is 13.5. The molecule has 8 aromatic rings. The number of halogens is 11. The normalized spacial score (nSPS) is 13.8. The van der Waals surface area contributed by atoms with Gasteiger partial charge in [-0.25, -0.2) is 46.1 Å². The quantitative estimate of drug-likeness (QED) is 0.0423. The van der Waals surface area contributed by atoms with Crippen LogP contribution in [0.25, 0.3) is 33.3 Å². The number of aryl methyl sites for hydroxylation is 2. The molecular weight excluding hydrogens is 1120 g/mol. The van der Waals surface area contributed by atoms with E-state index in [2.05, 4.69) is 51.6 Å². The van der Waals surface area contributed by atoms with Crippen LogP contribution in [0.5, 0.6) is 0 Å². The third-order valence-corrected chi connectivity index (χ3v) is 13.3. The smallest absolute Gasteiger partial charge is 0.383 e. The fraction of sp³-hybridized carbons (Fsp3) is 0.269. The molecule has 0 unspecified atom stereocenters. The highest BCUT2D eigenvalue weighted by Gasteiger charge is 2.33. The molecular formula is C52H48BrF10N13O3. The van der Waals surface area contributed by atoms with Gasteiger partial charge in [-0.2, -0.15) is 36.5 Å². The number of nitrogens with two attached hydrogens (primary N) is 2. The van der Waals surface area contributed by atoms with Crippen molar-refractivity contribution in [2.45, 2.75) is 56.9 Å². The van der Waals surface area contributed by atoms with Gasteiger partial charge in [0.2, 0.25) is 0 Å². The number of benzene rings is 4. The van der Waals surface area contributed by atoms with Gasteiger partial charge in [-0.3, -0.25) is 4.90 Å². The second-order valence-corrected chi connectivity index (χ2v) is 18.8. The van der Waals surface area contributed by atoms with Gasteiger partial charge in [-0.15, -0.1) is 0 Å². The van der Waals surface area contributed by atoms with Crippen LogP contribution in [-0.4, -0.2) is 84.3 Å². The number of nitrogens with one attached hydrogen (secondary N) is 4. The van der Waals surface area contributed by atoms with E-state index in [9.17, 15) is 49.1 Å². The minimum Gasteiger partial charge on any atom is -0.383 e. The van der Waals surface area contributed by atoms with Crippen molar-refractivity contribution in [1.29, 1.82) is 0 Å². The summed E-state index contributed by atoms with van der Waals surface area (Å²) in [7, 11) is 1.71. The van der Waals surface area contributed by atoms with E-state index in [0.29, 0.717) is 95.2 Å². The zero-order valence-electron chi connectivity index (χ0n) is 41.6. The molecule has 9 rings (SSSR count). The molecule has 27 heteroatoms. The average molecular weight is 1170 g/mol. The predicted octanol–water partition coefficient (Wildman–Crippen LogP) is 12.2. The van der Waals surface area contributed by atoms with Crippen LogP contribution in [-0.2, 0) is 29.9 Å². The van der Waals surface area contributed by atoms with Gasteiger partial charge < -0.3 is 37.5 Å². The van der Waals surface area contributed by atoms with Crippen LogP contribution in [0.1, 0.15) is 48.2 Å². The summed E-state index contributed by atoms with van der Waals surface area (Å²) in [6.45, 7) is 2.61. The van der Waals surface area contributed by atoms with Crippen molar-refractivity contribution in [1.82, 2.24) is 34.1 Å². The maximum Gasteiger partial charge on any atom is 0.416 e. The number of likely N-dealkylation sites (tertiary alicyclic amines) is 1. The Hall–Kier alpha value is -8.04. The number of carbonyl (C=O) groups excluding carboxylic acids is 2. The molecule has 1 aliphatic heterocycles. The number of anilines is 6. The molecule has 0 saturated carbocycles. The molecule has 1 atom stereocenters. The summed E-state index contributed by atoms with van der Waals surface area (Å²) in [4.78, 5) is 35.2. The average Bonchev–Trinajstić information content (AvgIpc) is 4.28. The van der Waals surface area contributed by atoms with Gasteiger partial charge in [0.05, 0.1) is 40.5 Å². The number of ether oxygens (including phenoxy) is 1. The second kappa shape index (κ2) is 24.3. The van der Waals surface area contributed by atoms with Gasteiger partial charge in [-0.05, 0) is 136 Å². The van der Waals surface area contributed by atoms with E-state index >= 15 is 4.39 Å². The van der Waals surface area contributed by atoms with Crippen molar-refractivity contribution in [2.24, 2.45) is 0 Å². The van der Waals surface area contributed by atoms with Gasteiger partial charge in [0.15, 0.2) is 11.6 Å². The molecule has 1 saturated heterocycles. The first-order chi connectivity index (χ1) is 37.6. The number of hydrogen-bond donors (Lipinski definition) is 6. The van der Waals surface area contributed by atoms with Crippen LogP contribution in [0.4, 0.5) is 87.9 Å². The molecule has 0 bridgehead atoms. The molecule has 0 aliphatic carbocycles. The van der Waals surface area contributed by atoms with Crippen LogP contribution in [0, 0.1) is 23.3 Å². The van der Waals surface area contributed by atoms with E-state index in [0.717, 1.165) is 61.6 Å². The van der Waals surface area contributed by atoms with Gasteiger partial charge in [0.25, 0.3) is 0 Å². The molecule has 1 fully saturated rings. The number of hydrogen-bond acceptors (Lipinski definition) is 10. The number of nitrogens with zero attached hydrogens (tertiary/aromatic N) is 7. The van der Waals surface area contributed by atoms with Crippen molar-refractivity contribution >= 4 is 73.4 Å². The highest BCUT2D eigenvalue weighted by Crippen LogP contribution is 2.37. The number of aromatic nitrogens is 6. The first kappa shape index (κ1) is 57.1. The Balaban J connectivity index is 0.000000211. The molecule has 79 heavy (non-hydrogen) atoms. The van der Waals surface area contributed by atoms with E-state index in [1.165, 1.54) is 36.9 Å². The van der Waals surface area contributed by atoms with Crippen LogP contribution in [0.2, 0.25) is 0 Å². The summed E-state index contributed by atoms with van der Waals surface area (Å²) in [6, 6.07) is 13.0. The van der Waals surface area contributed by atoms with Crippen LogP contribution < -0.4 is 32.7 Å². The molecule has 4 aromatic carbocycles. The van der Waals surface area contributed by atoms with E-state index in [-0.39, 0.29) is 23.0 Å². The van der Waals surface area contributed by atoms with E-state index < -0.39 is 70.2 Å². The Bertz CT molecular complexity index is 3520. The molecule has 4 amide bonds. The fourth-order valence-electron chi connectivity index (χ4n) is 9.06. The van der Waals surface area contributed by atoms with Gasteiger partial charge in [-0.1, -0.05) is 28.1 Å². The van der Waals surface area contributed by atoms with Gasteiger partial charge in [0, 0.05) is 41.0 Å². The zero-order chi connectivity index (χ0) is 56.8. The highest BCUT2D eigenvalue weighted by atomic mass is 79.9. The standard InChI is InChI=1S/C29H30F5N7O2.C23H18BrF5N6O/c1-43-15-20-5-3-11-40(20)10-2-4-19-14-21(26-27(35)36-16-37-41(19)26)17-6-9-24(23(31)12-17)38-28(42)39-25-13-18(29(32,33)34)7-8-22(25)30;24-7-1-2-14-10-15(20-21(30)31-11-32-35(14)20)12-3-6-18(17(26)8-12)33-22(36)34-19-9-13(23(27,28)29)4-5-16(19)25/h6-9,12-14,16,20H,2-5,10-11,15H2,1H3,(H2,35,36,37)(H2,38,39,42);3-6,8-11H,1-2,7H2,(H2,30,31,32)(H2,33,34,36)/t20-;/m0./s1. The molecule has 1 aliphatic rings. The lowest BCUT2D eigenvalue weighted by Crippen LogP contribution is -2.33. The zero-order valence-corrected chi connectivity index (χ0v) is 43.1. The van der Waals surface area contributed by atoms with Crippen molar-refractivity contribution in [3.05, 3.63) is 143 Å². The molecule has 4 aromatic heterocycles. The number of fused-ring (bicyclic) bond motifs is 2. The molecule has 16 nitrogen and oxygen atoms in total. The van der Waals surface area contributed by atoms with E-state index in [4.69, 9.17) is 16.2 Å². The number of nitrogen functional groups attached to an aromatic ring is 2. The monoisotopic (exact) mass is 1170 g/mol. The van der Waals surface area contributed by atoms with Crippen LogP contribution >= 0.6 is 15.9 Å². The van der Waals surface area contributed by atoms with Crippen molar-refractivity contribution < 1.29 is 58.2 Å². The number of urea groups is 2. The van der Waals surface area contributed by atoms with Crippen molar-refractivity contribution in [2.75, 3.05) is 64.9 Å². The summed E-state index contributed by atoms with van der Waals surface area (Å²) in [5, 5.41) is 17.7. The van der Waals surface area contributed by atoms with E-state index in [1.54, 1.807) is 22.2 Å². The maximum absolute atomic E-state index is 15.2. The Morgan fingerprint density at radius 3 is 1.52 bits per heavy atom. The maximum atomic E-state index is 15.2. The summed E-state index contributed by atoms with van der Waals surface area (Å²) in [5.41, 5.74) is 12.8. The topological polar surface area (TPSA) is 207 Å². The summed E-state index contributed by atoms with van der Waals surface area (Å²) in [6.07, 6.45) is -1.50. The van der Waals surface area contributed by atoms with Gasteiger partial charge >= 0.3 is 24.4 Å². The first-order valence-corrected chi connectivity index (χ1v) is 25.3. The third-order valence-electron chi connectivity index (χ3n) is 12.8. The molecule has 0 spiro atoms. The number of rotatable bonds is 15. The molecule has 0 radical (unpaired) electrons. The Morgan fingerprint density at radius 1 is 0.633 bits per heavy atom. The minimum absolute atomic E-state index is 0.204. The lowest BCUT2D eigenvalue weighted by Gasteiger charge is -2.23. The Labute approximate surface area is 451 Å². The van der Waals surface area contributed by atoms with Crippen LogP contribution in [0.15, 0.2) is 97.6 Å². The van der Waals surface area contributed by atoms with E-state index in [1.807, 2.05) is 22.8 Å². The molecule has 8 N–H and O–H groups in total. The largest absolute Gasteiger partial charge is 0.416 e. The molecule has 416 valence electrons. The highest BCUT2D eigenvalue weighted by molar-refractivity contribution is 9.09. The Kier molecular flexibility index (Phi) is 17.6. The number of methoxy groups -OCH3 is 1. The van der Waals surface area contributed by atoms with Crippen molar-refractivity contribution in [3.63, 3.8) is 0 Å². The Morgan fingerprint density at radius 2 is 1.09 bits per heavy atom.